The molecule has 19 heavy (non-hydrogen) atoms. The highest BCUT2D eigenvalue weighted by Crippen LogP contribution is 2.35. The fourth-order valence-corrected chi connectivity index (χ4v) is 2.42. The van der Waals surface area contributed by atoms with Crippen LogP contribution in [0.4, 0.5) is 10.1 Å². The molecule has 0 aliphatic heterocycles. The summed E-state index contributed by atoms with van der Waals surface area (Å²) in [6.45, 7) is -0.248. The maximum atomic E-state index is 12.8. The van der Waals surface area contributed by atoms with Crippen LogP contribution in [0.15, 0.2) is 52.3 Å². The summed E-state index contributed by atoms with van der Waals surface area (Å²) in [6, 6.07) is 10.3. The number of nitrogens with zero attached hydrogens (tertiary/aromatic N) is 1. The van der Waals surface area contributed by atoms with E-state index in [1.807, 2.05) is 0 Å². The van der Waals surface area contributed by atoms with Gasteiger partial charge in [0.05, 0.1) is 16.4 Å². The summed E-state index contributed by atoms with van der Waals surface area (Å²) in [5.74, 6) is -0.352. The zero-order valence-corrected chi connectivity index (χ0v) is 10.6. The molecule has 0 saturated heterocycles. The minimum atomic E-state index is -0.495. The average molecular weight is 279 g/mol. The lowest BCUT2D eigenvalue weighted by Gasteiger charge is -2.04. The van der Waals surface area contributed by atoms with Gasteiger partial charge in [-0.3, -0.25) is 10.1 Å². The standard InChI is InChI=1S/C13H10FNO3S/c14-10-2-4-11(5-3-10)19-13-6-1-9(8-16)7-12(13)15(17)18/h1-7,16H,8H2. The van der Waals surface area contributed by atoms with Gasteiger partial charge in [-0.05, 0) is 35.9 Å². The third-order valence-corrected chi connectivity index (χ3v) is 3.52. The summed E-state index contributed by atoms with van der Waals surface area (Å²) in [7, 11) is 0. The molecule has 0 spiro atoms. The van der Waals surface area contributed by atoms with E-state index in [2.05, 4.69) is 0 Å². The first-order chi connectivity index (χ1) is 9.10. The van der Waals surface area contributed by atoms with Crippen LogP contribution in [0.3, 0.4) is 0 Å². The molecule has 0 aliphatic carbocycles. The molecule has 0 aromatic heterocycles. The number of aliphatic hydroxyl groups is 1. The largest absolute Gasteiger partial charge is 0.392 e. The summed E-state index contributed by atoms with van der Waals surface area (Å²) in [5, 5.41) is 20.0. The first-order valence-electron chi connectivity index (χ1n) is 5.42. The van der Waals surface area contributed by atoms with Crippen molar-refractivity contribution >= 4 is 17.4 Å². The number of hydrogen-bond acceptors (Lipinski definition) is 4. The van der Waals surface area contributed by atoms with Crippen molar-refractivity contribution in [2.75, 3.05) is 0 Å². The fourth-order valence-electron chi connectivity index (χ4n) is 1.52. The van der Waals surface area contributed by atoms with Crippen molar-refractivity contribution in [2.24, 2.45) is 0 Å². The van der Waals surface area contributed by atoms with Crippen LogP contribution in [0.25, 0.3) is 0 Å². The Morgan fingerprint density at radius 3 is 2.47 bits per heavy atom. The molecule has 0 amide bonds. The summed E-state index contributed by atoms with van der Waals surface area (Å²) in [5.41, 5.74) is 0.413. The number of nitro benzene ring substituents is 1. The van der Waals surface area contributed by atoms with Crippen LogP contribution in [-0.2, 0) is 6.61 Å². The molecule has 0 heterocycles. The molecule has 2 rings (SSSR count). The Balaban J connectivity index is 2.33. The summed E-state index contributed by atoms with van der Waals surface area (Å²) < 4.78 is 12.8. The van der Waals surface area contributed by atoms with Gasteiger partial charge in [0.15, 0.2) is 0 Å². The van der Waals surface area contributed by atoms with E-state index in [1.54, 1.807) is 24.3 Å². The number of rotatable bonds is 4. The Morgan fingerprint density at radius 2 is 1.89 bits per heavy atom. The van der Waals surface area contributed by atoms with Crippen molar-refractivity contribution in [1.29, 1.82) is 0 Å². The summed E-state index contributed by atoms with van der Waals surface area (Å²) >= 11 is 1.18. The summed E-state index contributed by atoms with van der Waals surface area (Å²) in [6.07, 6.45) is 0. The smallest absolute Gasteiger partial charge is 0.283 e. The Hall–Kier alpha value is -1.92. The van der Waals surface area contributed by atoms with Crippen molar-refractivity contribution in [3.8, 4) is 0 Å². The average Bonchev–Trinajstić information content (AvgIpc) is 2.41. The van der Waals surface area contributed by atoms with Crippen LogP contribution in [0.1, 0.15) is 5.56 Å². The molecule has 0 radical (unpaired) electrons. The van der Waals surface area contributed by atoms with Gasteiger partial charge in [-0.2, -0.15) is 0 Å². The lowest BCUT2D eigenvalue weighted by molar-refractivity contribution is -0.387. The lowest BCUT2D eigenvalue weighted by Crippen LogP contribution is -1.93. The van der Waals surface area contributed by atoms with Gasteiger partial charge in [-0.15, -0.1) is 0 Å². The van der Waals surface area contributed by atoms with E-state index >= 15 is 0 Å². The van der Waals surface area contributed by atoms with Gasteiger partial charge in [-0.1, -0.05) is 17.8 Å². The van der Waals surface area contributed by atoms with Gasteiger partial charge in [0, 0.05) is 11.0 Å². The van der Waals surface area contributed by atoms with E-state index < -0.39 is 4.92 Å². The number of benzene rings is 2. The first kappa shape index (κ1) is 13.5. The van der Waals surface area contributed by atoms with Crippen LogP contribution in [0.2, 0.25) is 0 Å². The second kappa shape index (κ2) is 5.81. The van der Waals surface area contributed by atoms with E-state index in [1.165, 1.54) is 30.0 Å². The molecule has 0 bridgehead atoms. The minimum Gasteiger partial charge on any atom is -0.392 e. The topological polar surface area (TPSA) is 63.4 Å². The molecule has 0 fully saturated rings. The van der Waals surface area contributed by atoms with E-state index in [9.17, 15) is 14.5 Å². The zero-order valence-electron chi connectivity index (χ0n) is 9.75. The van der Waals surface area contributed by atoms with Crippen molar-refractivity contribution in [2.45, 2.75) is 16.4 Å². The van der Waals surface area contributed by atoms with Gasteiger partial charge in [-0.25, -0.2) is 4.39 Å². The SMILES string of the molecule is O=[N+]([O-])c1cc(CO)ccc1Sc1ccc(F)cc1. The lowest BCUT2D eigenvalue weighted by atomic mass is 10.2. The van der Waals surface area contributed by atoms with Crippen molar-refractivity contribution in [1.82, 2.24) is 0 Å². The Kier molecular flexibility index (Phi) is 4.13. The molecule has 4 nitrogen and oxygen atoms in total. The quantitative estimate of drug-likeness (QED) is 0.688. The third kappa shape index (κ3) is 3.30. The molecule has 2 aromatic carbocycles. The second-order valence-electron chi connectivity index (χ2n) is 3.77. The molecule has 0 aliphatic rings. The zero-order chi connectivity index (χ0) is 13.8. The third-order valence-electron chi connectivity index (χ3n) is 2.44. The summed E-state index contributed by atoms with van der Waals surface area (Å²) in [4.78, 5) is 11.7. The van der Waals surface area contributed by atoms with Gasteiger partial charge in [0.2, 0.25) is 0 Å². The highest BCUT2D eigenvalue weighted by atomic mass is 32.2. The van der Waals surface area contributed by atoms with Crippen LogP contribution in [0, 0.1) is 15.9 Å². The minimum absolute atomic E-state index is 0.0686. The van der Waals surface area contributed by atoms with Crippen molar-refractivity contribution in [3.63, 3.8) is 0 Å². The fraction of sp³-hybridized carbons (Fsp3) is 0.0769. The predicted molar refractivity (Wildman–Crippen MR) is 69.5 cm³/mol. The molecule has 1 N–H and O–H groups in total. The Bertz CT molecular complexity index is 601. The highest BCUT2D eigenvalue weighted by molar-refractivity contribution is 7.99. The first-order valence-corrected chi connectivity index (χ1v) is 6.23. The maximum absolute atomic E-state index is 12.8. The molecule has 6 heteroatoms. The second-order valence-corrected chi connectivity index (χ2v) is 4.89. The van der Waals surface area contributed by atoms with E-state index in [0.717, 1.165) is 0 Å². The van der Waals surface area contributed by atoms with E-state index in [-0.39, 0.29) is 18.1 Å². The van der Waals surface area contributed by atoms with Gasteiger partial charge >= 0.3 is 0 Å². The number of halogens is 1. The molecule has 2 aromatic rings. The van der Waals surface area contributed by atoms with Crippen LogP contribution in [0.5, 0.6) is 0 Å². The number of hydrogen-bond donors (Lipinski definition) is 1. The van der Waals surface area contributed by atoms with E-state index in [0.29, 0.717) is 15.4 Å². The molecule has 0 unspecified atom stereocenters. The monoisotopic (exact) mass is 279 g/mol. The number of nitro groups is 1. The normalized spacial score (nSPS) is 10.4. The highest BCUT2D eigenvalue weighted by Gasteiger charge is 2.15. The maximum Gasteiger partial charge on any atom is 0.283 e. The van der Waals surface area contributed by atoms with Crippen LogP contribution >= 0.6 is 11.8 Å². The molecule has 0 atom stereocenters. The number of aliphatic hydroxyl groups excluding tert-OH is 1. The van der Waals surface area contributed by atoms with Gasteiger partial charge in [0.25, 0.3) is 5.69 Å². The Morgan fingerprint density at radius 1 is 1.21 bits per heavy atom. The Labute approximate surface area is 113 Å². The van der Waals surface area contributed by atoms with Crippen molar-refractivity contribution < 1.29 is 14.4 Å². The van der Waals surface area contributed by atoms with Gasteiger partial charge in [0.1, 0.15) is 5.82 Å². The molecule has 98 valence electrons. The predicted octanol–water partition coefficient (Wildman–Crippen LogP) is 3.38. The van der Waals surface area contributed by atoms with Gasteiger partial charge < -0.3 is 5.11 Å². The van der Waals surface area contributed by atoms with Crippen LogP contribution in [-0.4, -0.2) is 10.0 Å². The molecule has 0 saturated carbocycles. The molecular weight excluding hydrogens is 269 g/mol. The van der Waals surface area contributed by atoms with Crippen molar-refractivity contribution in [3.05, 3.63) is 64.0 Å². The van der Waals surface area contributed by atoms with Crippen LogP contribution < -0.4 is 0 Å². The van der Waals surface area contributed by atoms with E-state index in [4.69, 9.17) is 5.11 Å². The molecular formula is C13H10FNO3S.